The molecule has 1 fully saturated rings. The minimum Gasteiger partial charge on any atom is -0.490 e. The Morgan fingerprint density at radius 2 is 1.67 bits per heavy atom. The predicted octanol–water partition coefficient (Wildman–Crippen LogP) is 2.86. The molecule has 36 heavy (non-hydrogen) atoms. The molecule has 2 unspecified atom stereocenters. The van der Waals surface area contributed by atoms with Gasteiger partial charge in [-0.1, -0.05) is 26.0 Å². The molecule has 4 amide bonds. The zero-order valence-electron chi connectivity index (χ0n) is 20.5. The fourth-order valence-corrected chi connectivity index (χ4v) is 4.61. The Labute approximate surface area is 208 Å². The first-order valence-electron chi connectivity index (χ1n) is 12.0. The van der Waals surface area contributed by atoms with Crippen LogP contribution in [0.25, 0.3) is 0 Å². The molecule has 0 bridgehead atoms. The van der Waals surface area contributed by atoms with E-state index in [0.29, 0.717) is 41.8 Å². The van der Waals surface area contributed by atoms with Crippen LogP contribution in [0.2, 0.25) is 0 Å². The number of hydrogen-bond donors (Lipinski definition) is 2. The molecule has 190 valence electrons. The monoisotopic (exact) mass is 495 g/mol. The average Bonchev–Trinajstić information content (AvgIpc) is 3.31. The van der Waals surface area contributed by atoms with Crippen molar-refractivity contribution in [2.45, 2.75) is 38.8 Å². The Kier molecular flexibility index (Phi) is 6.11. The molecule has 0 aliphatic carbocycles. The molecule has 0 radical (unpaired) electrons. The lowest BCUT2D eigenvalue weighted by Gasteiger charge is -2.25. The van der Waals surface area contributed by atoms with Crippen molar-refractivity contribution in [2.75, 3.05) is 26.6 Å². The Hall–Kier alpha value is -3.95. The number of ether oxygens (including phenoxy) is 4. The van der Waals surface area contributed by atoms with E-state index in [1.54, 1.807) is 25.1 Å². The number of carbonyl (C=O) groups is 3. The molecule has 0 saturated carbocycles. The van der Waals surface area contributed by atoms with E-state index in [4.69, 9.17) is 18.9 Å². The summed E-state index contributed by atoms with van der Waals surface area (Å²) in [5, 5.41) is 5.70. The Balaban J connectivity index is 1.30. The summed E-state index contributed by atoms with van der Waals surface area (Å²) in [6.07, 6.45) is 0.797. The van der Waals surface area contributed by atoms with E-state index < -0.39 is 29.9 Å². The molecule has 3 aliphatic rings. The van der Waals surface area contributed by atoms with E-state index in [1.165, 1.54) is 0 Å². The van der Waals surface area contributed by atoms with Crippen molar-refractivity contribution < 1.29 is 33.3 Å². The molecule has 0 spiro atoms. The van der Waals surface area contributed by atoms with Gasteiger partial charge < -0.3 is 29.6 Å². The zero-order chi connectivity index (χ0) is 25.4. The lowest BCUT2D eigenvalue weighted by atomic mass is 9.91. The molecule has 2 atom stereocenters. The largest absolute Gasteiger partial charge is 0.490 e. The Morgan fingerprint density at radius 1 is 1.00 bits per heavy atom. The topological polar surface area (TPSA) is 115 Å². The maximum absolute atomic E-state index is 13.3. The zero-order valence-corrected chi connectivity index (χ0v) is 20.5. The molecule has 1 saturated heterocycles. The normalized spacial score (nSPS) is 21.3. The third kappa shape index (κ3) is 4.27. The van der Waals surface area contributed by atoms with Gasteiger partial charge in [0.05, 0.1) is 19.3 Å². The second-order valence-electron chi connectivity index (χ2n) is 9.56. The van der Waals surface area contributed by atoms with Crippen molar-refractivity contribution in [3.63, 3.8) is 0 Å². The van der Waals surface area contributed by atoms with E-state index in [2.05, 4.69) is 10.6 Å². The molecular weight excluding hydrogens is 466 g/mol. The SMILES string of the molecule is CC(C)C(NC(=O)CN1C(=O)NC(C)(c2ccc3c(c2)OCO3)C1=O)c1ccc2c(c1)OCCCO2. The highest BCUT2D eigenvalue weighted by Crippen LogP contribution is 2.38. The number of hydrogen-bond acceptors (Lipinski definition) is 7. The number of amides is 4. The third-order valence-electron chi connectivity index (χ3n) is 6.64. The van der Waals surface area contributed by atoms with Crippen molar-refractivity contribution in [3.05, 3.63) is 47.5 Å². The van der Waals surface area contributed by atoms with Gasteiger partial charge in [-0.15, -0.1) is 0 Å². The molecule has 5 rings (SSSR count). The number of nitrogens with one attached hydrogen (secondary N) is 2. The number of fused-ring (bicyclic) bond motifs is 2. The van der Waals surface area contributed by atoms with Crippen molar-refractivity contribution in [2.24, 2.45) is 5.92 Å². The molecule has 10 nitrogen and oxygen atoms in total. The molecule has 10 heteroatoms. The molecule has 2 aromatic rings. The van der Waals surface area contributed by atoms with Crippen LogP contribution in [0.5, 0.6) is 23.0 Å². The van der Waals surface area contributed by atoms with E-state index in [0.717, 1.165) is 16.9 Å². The van der Waals surface area contributed by atoms with Crippen LogP contribution in [-0.4, -0.2) is 49.3 Å². The summed E-state index contributed by atoms with van der Waals surface area (Å²) < 4.78 is 22.2. The van der Waals surface area contributed by atoms with Crippen molar-refractivity contribution in [1.29, 1.82) is 0 Å². The van der Waals surface area contributed by atoms with E-state index >= 15 is 0 Å². The van der Waals surface area contributed by atoms with Gasteiger partial charge in [-0.2, -0.15) is 0 Å². The lowest BCUT2D eigenvalue weighted by Crippen LogP contribution is -2.44. The summed E-state index contributed by atoms with van der Waals surface area (Å²) >= 11 is 0. The van der Waals surface area contributed by atoms with Crippen molar-refractivity contribution in [1.82, 2.24) is 15.5 Å². The van der Waals surface area contributed by atoms with Crippen LogP contribution in [0.15, 0.2) is 36.4 Å². The fourth-order valence-electron chi connectivity index (χ4n) is 4.61. The van der Waals surface area contributed by atoms with E-state index in [9.17, 15) is 14.4 Å². The van der Waals surface area contributed by atoms with E-state index in [-0.39, 0.29) is 18.8 Å². The number of nitrogens with zero attached hydrogens (tertiary/aromatic N) is 1. The van der Waals surface area contributed by atoms with Gasteiger partial charge >= 0.3 is 6.03 Å². The molecule has 2 N–H and O–H groups in total. The Morgan fingerprint density at radius 3 is 2.44 bits per heavy atom. The van der Waals surface area contributed by atoms with Crippen LogP contribution in [-0.2, 0) is 15.1 Å². The minimum absolute atomic E-state index is 0.0423. The number of benzene rings is 2. The van der Waals surface area contributed by atoms with Gasteiger partial charge in [0.15, 0.2) is 23.0 Å². The molecular formula is C26H29N3O7. The van der Waals surface area contributed by atoms with Crippen LogP contribution in [0, 0.1) is 5.92 Å². The second-order valence-corrected chi connectivity index (χ2v) is 9.56. The second kappa shape index (κ2) is 9.25. The van der Waals surface area contributed by atoms with Gasteiger partial charge in [0, 0.05) is 6.42 Å². The summed E-state index contributed by atoms with van der Waals surface area (Å²) in [5.41, 5.74) is 0.0645. The summed E-state index contributed by atoms with van der Waals surface area (Å²) in [7, 11) is 0. The molecule has 3 heterocycles. The van der Waals surface area contributed by atoms with Crippen LogP contribution >= 0.6 is 0 Å². The summed E-state index contributed by atoms with van der Waals surface area (Å²) in [6.45, 7) is 6.42. The average molecular weight is 496 g/mol. The summed E-state index contributed by atoms with van der Waals surface area (Å²) in [5.74, 6) is 1.47. The lowest BCUT2D eigenvalue weighted by molar-refractivity contribution is -0.135. The number of urea groups is 1. The highest BCUT2D eigenvalue weighted by Gasteiger charge is 2.50. The number of rotatable bonds is 6. The Bertz CT molecular complexity index is 1210. The van der Waals surface area contributed by atoms with Crippen molar-refractivity contribution in [3.8, 4) is 23.0 Å². The third-order valence-corrected chi connectivity index (χ3v) is 6.64. The quantitative estimate of drug-likeness (QED) is 0.592. The highest BCUT2D eigenvalue weighted by molar-refractivity contribution is 6.09. The molecule has 3 aliphatic heterocycles. The van der Waals surface area contributed by atoms with Gasteiger partial charge in [0.25, 0.3) is 5.91 Å². The summed E-state index contributed by atoms with van der Waals surface area (Å²) in [4.78, 5) is 40.1. The maximum atomic E-state index is 13.3. The van der Waals surface area contributed by atoms with Crippen molar-refractivity contribution >= 4 is 17.8 Å². The number of imide groups is 1. The first-order chi connectivity index (χ1) is 17.3. The standard InChI is InChI=1S/C26H29N3O7/c1-15(2)23(16-5-7-18-20(11-16)34-10-4-9-33-18)27-22(30)13-29-24(31)26(3,28-25(29)32)17-6-8-19-21(12-17)36-14-35-19/h5-8,11-12,15,23H,4,9-10,13-14H2,1-3H3,(H,27,30)(H,28,32). The highest BCUT2D eigenvalue weighted by atomic mass is 16.7. The van der Waals surface area contributed by atoms with Crippen LogP contribution < -0.4 is 29.6 Å². The fraction of sp³-hybridized carbons (Fsp3) is 0.423. The van der Waals surface area contributed by atoms with Gasteiger partial charge in [-0.05, 0) is 48.2 Å². The van der Waals surface area contributed by atoms with Gasteiger partial charge in [-0.25, -0.2) is 4.79 Å². The smallest absolute Gasteiger partial charge is 0.325 e. The van der Waals surface area contributed by atoms with Crippen LogP contribution in [0.3, 0.4) is 0 Å². The van der Waals surface area contributed by atoms with Gasteiger partial charge in [0.1, 0.15) is 12.1 Å². The molecule has 0 aromatic heterocycles. The number of carbonyl (C=O) groups excluding carboxylic acids is 3. The maximum Gasteiger partial charge on any atom is 0.325 e. The minimum atomic E-state index is -1.33. The summed E-state index contributed by atoms with van der Waals surface area (Å²) in [6, 6.07) is 9.69. The predicted molar refractivity (Wildman–Crippen MR) is 128 cm³/mol. The molecule has 2 aromatic carbocycles. The first kappa shape index (κ1) is 23.8. The first-order valence-corrected chi connectivity index (χ1v) is 12.0. The van der Waals surface area contributed by atoms with Gasteiger partial charge in [0.2, 0.25) is 12.7 Å². The van der Waals surface area contributed by atoms with Gasteiger partial charge in [-0.3, -0.25) is 14.5 Å². The van der Waals surface area contributed by atoms with Crippen LogP contribution in [0.4, 0.5) is 4.79 Å². The van der Waals surface area contributed by atoms with E-state index in [1.807, 2.05) is 32.0 Å². The van der Waals surface area contributed by atoms with Crippen LogP contribution in [0.1, 0.15) is 44.4 Å².